The highest BCUT2D eigenvalue weighted by Gasteiger charge is 2.37. The van der Waals surface area contributed by atoms with Gasteiger partial charge in [0.15, 0.2) is 17.2 Å². The molecule has 1 N–H and O–H groups in total. The smallest absolute Gasteiger partial charge is 0.344 e. The number of morpholine rings is 1. The zero-order valence-electron chi connectivity index (χ0n) is 20.4. The molecule has 2 aromatic carbocycles. The zero-order valence-corrected chi connectivity index (χ0v) is 20.4. The number of ether oxygens (including phenoxy) is 4. The summed E-state index contributed by atoms with van der Waals surface area (Å²) in [5.74, 6) is -0.102. The second-order valence-electron chi connectivity index (χ2n) is 8.57. The summed E-state index contributed by atoms with van der Waals surface area (Å²) in [5.41, 5.74) is 0.490. The van der Waals surface area contributed by atoms with Gasteiger partial charge in [-0.3, -0.25) is 15.0 Å². The minimum atomic E-state index is -0.881. The highest BCUT2D eigenvalue weighted by Crippen LogP contribution is 2.45. The number of carbonyl (C=O) groups excluding carboxylic acids is 1. The van der Waals surface area contributed by atoms with Crippen molar-refractivity contribution in [3.8, 4) is 23.3 Å². The number of benzene rings is 2. The fourth-order valence-corrected chi connectivity index (χ4v) is 4.63. The minimum Gasteiger partial charge on any atom is -0.493 e. The summed E-state index contributed by atoms with van der Waals surface area (Å²) >= 11 is 0. The number of hydrogen-bond acceptors (Lipinski definition) is 9. The third kappa shape index (κ3) is 4.62. The van der Waals surface area contributed by atoms with Crippen LogP contribution in [0.5, 0.6) is 17.2 Å². The van der Waals surface area contributed by atoms with Crippen LogP contribution >= 0.6 is 0 Å². The van der Waals surface area contributed by atoms with Crippen LogP contribution in [-0.4, -0.2) is 57.9 Å². The number of fused-ring (bicyclic) bond motifs is 3. The summed E-state index contributed by atoms with van der Waals surface area (Å²) < 4.78 is 27.9. The monoisotopic (exact) mass is 503 g/mol. The fraction of sp³-hybridized carbons (Fsp3) is 0.296. The van der Waals surface area contributed by atoms with Crippen molar-refractivity contribution in [3.05, 3.63) is 75.5 Å². The number of methoxy groups -OCH3 is 2. The summed E-state index contributed by atoms with van der Waals surface area (Å²) in [4.78, 5) is 28.2. The van der Waals surface area contributed by atoms with Crippen molar-refractivity contribution in [2.24, 2.45) is 0 Å². The molecule has 1 amide bonds. The topological polar surface area (TPSA) is 123 Å². The summed E-state index contributed by atoms with van der Waals surface area (Å²) in [6.45, 7) is 2.46. The summed E-state index contributed by atoms with van der Waals surface area (Å²) in [7, 11) is 3.02. The molecule has 190 valence electrons. The minimum absolute atomic E-state index is 0.0243. The standard InChI is InChI=1S/C27H25N3O7/c1-33-20-8-7-16(13-21(20)34-2)23-18(14-28)26(29-22(31)15-30-9-11-35-12-10-30)37-25-17-5-3-4-6-19(17)36-27(32)24(23)25/h3-8,13,23H,9-12,15H2,1-2H3,(H,29,31). The average molecular weight is 504 g/mol. The zero-order chi connectivity index (χ0) is 25.9. The van der Waals surface area contributed by atoms with E-state index in [1.54, 1.807) is 42.5 Å². The predicted molar refractivity (Wildman–Crippen MR) is 133 cm³/mol. The van der Waals surface area contributed by atoms with Crippen molar-refractivity contribution in [1.29, 1.82) is 5.26 Å². The van der Waals surface area contributed by atoms with Crippen LogP contribution in [0.1, 0.15) is 17.0 Å². The first kappa shape index (κ1) is 24.4. The van der Waals surface area contributed by atoms with Gasteiger partial charge in [0, 0.05) is 13.1 Å². The molecule has 1 unspecified atom stereocenters. The molecule has 3 aromatic rings. The largest absolute Gasteiger partial charge is 0.493 e. The third-order valence-electron chi connectivity index (χ3n) is 6.41. The molecule has 0 bridgehead atoms. The molecule has 5 rings (SSSR count). The Hall–Kier alpha value is -4.33. The van der Waals surface area contributed by atoms with Crippen molar-refractivity contribution in [2.45, 2.75) is 5.92 Å². The van der Waals surface area contributed by atoms with E-state index >= 15 is 0 Å². The van der Waals surface area contributed by atoms with Gasteiger partial charge in [-0.25, -0.2) is 4.79 Å². The molecule has 0 aliphatic carbocycles. The van der Waals surface area contributed by atoms with Crippen LogP contribution in [0.2, 0.25) is 0 Å². The maximum absolute atomic E-state index is 13.3. The van der Waals surface area contributed by atoms with E-state index in [0.717, 1.165) is 0 Å². The Labute approximate surface area is 212 Å². The SMILES string of the molecule is COc1ccc(C2C(C#N)=C(NC(=O)CN3CCOCC3)Oc3c2c(=O)oc2ccccc32)cc1OC. The molecule has 0 saturated carbocycles. The van der Waals surface area contributed by atoms with Crippen LogP contribution in [-0.2, 0) is 9.53 Å². The molecule has 37 heavy (non-hydrogen) atoms. The van der Waals surface area contributed by atoms with Gasteiger partial charge < -0.3 is 23.4 Å². The Morgan fingerprint density at radius 1 is 1.14 bits per heavy atom. The highest BCUT2D eigenvalue weighted by atomic mass is 16.5. The molecular weight excluding hydrogens is 478 g/mol. The molecule has 10 nitrogen and oxygen atoms in total. The van der Waals surface area contributed by atoms with Gasteiger partial charge in [0.25, 0.3) is 0 Å². The van der Waals surface area contributed by atoms with E-state index in [4.69, 9.17) is 23.4 Å². The van der Waals surface area contributed by atoms with Crippen molar-refractivity contribution in [3.63, 3.8) is 0 Å². The summed E-state index contributed by atoms with van der Waals surface area (Å²) in [6.07, 6.45) is 0. The molecule has 2 aliphatic heterocycles. The number of allylic oxidation sites excluding steroid dienone is 1. The number of hydrogen-bond donors (Lipinski definition) is 1. The van der Waals surface area contributed by atoms with E-state index < -0.39 is 11.5 Å². The summed E-state index contributed by atoms with van der Waals surface area (Å²) in [5, 5.41) is 13.5. The Balaban J connectivity index is 1.64. The third-order valence-corrected chi connectivity index (χ3v) is 6.41. The summed E-state index contributed by atoms with van der Waals surface area (Å²) in [6, 6.07) is 14.2. The number of nitrogens with zero attached hydrogens (tertiary/aromatic N) is 2. The van der Waals surface area contributed by atoms with Crippen molar-refractivity contribution >= 4 is 16.9 Å². The number of amides is 1. The molecule has 3 heterocycles. The van der Waals surface area contributed by atoms with E-state index in [1.165, 1.54) is 14.2 Å². The Morgan fingerprint density at radius 3 is 2.62 bits per heavy atom. The van der Waals surface area contributed by atoms with Gasteiger partial charge in [0.2, 0.25) is 11.8 Å². The molecule has 0 spiro atoms. The first-order valence-electron chi connectivity index (χ1n) is 11.7. The van der Waals surface area contributed by atoms with Crippen molar-refractivity contribution < 1.29 is 28.2 Å². The predicted octanol–water partition coefficient (Wildman–Crippen LogP) is 2.52. The van der Waals surface area contributed by atoms with Gasteiger partial charge in [0.05, 0.1) is 50.8 Å². The number of nitriles is 1. The molecule has 1 saturated heterocycles. The van der Waals surface area contributed by atoms with Gasteiger partial charge in [-0.2, -0.15) is 5.26 Å². The Kier molecular flexibility index (Phi) is 6.81. The molecule has 1 fully saturated rings. The molecule has 2 aliphatic rings. The van der Waals surface area contributed by atoms with Crippen LogP contribution in [0.15, 0.2) is 63.1 Å². The number of carbonyl (C=O) groups is 1. The maximum Gasteiger partial charge on any atom is 0.344 e. The average Bonchev–Trinajstić information content (AvgIpc) is 2.92. The van der Waals surface area contributed by atoms with E-state index in [1.807, 2.05) is 4.90 Å². The number of rotatable bonds is 6. The van der Waals surface area contributed by atoms with Crippen LogP contribution in [0, 0.1) is 11.3 Å². The van der Waals surface area contributed by atoms with Gasteiger partial charge >= 0.3 is 5.63 Å². The van der Waals surface area contributed by atoms with Crippen LogP contribution in [0.25, 0.3) is 11.0 Å². The lowest BCUT2D eigenvalue weighted by Crippen LogP contribution is -2.44. The normalized spacial score (nSPS) is 17.5. The lowest BCUT2D eigenvalue weighted by atomic mass is 9.83. The number of nitrogens with one attached hydrogen (secondary N) is 1. The maximum atomic E-state index is 13.3. The number of para-hydroxylation sites is 1. The fourth-order valence-electron chi connectivity index (χ4n) is 4.63. The van der Waals surface area contributed by atoms with Gasteiger partial charge in [-0.05, 0) is 29.8 Å². The molecule has 0 radical (unpaired) electrons. The lowest BCUT2D eigenvalue weighted by Gasteiger charge is -2.29. The van der Waals surface area contributed by atoms with Crippen LogP contribution in [0.4, 0.5) is 0 Å². The van der Waals surface area contributed by atoms with E-state index in [0.29, 0.717) is 54.3 Å². The van der Waals surface area contributed by atoms with Gasteiger partial charge in [0.1, 0.15) is 17.2 Å². The van der Waals surface area contributed by atoms with Crippen LogP contribution < -0.4 is 25.2 Å². The molecule has 1 atom stereocenters. The molecular formula is C27H25N3O7. The van der Waals surface area contributed by atoms with E-state index in [-0.39, 0.29) is 35.2 Å². The highest BCUT2D eigenvalue weighted by molar-refractivity contribution is 5.87. The van der Waals surface area contributed by atoms with E-state index in [2.05, 4.69) is 11.4 Å². The molecule has 10 heteroatoms. The Morgan fingerprint density at radius 2 is 1.89 bits per heavy atom. The quantitative estimate of drug-likeness (QED) is 0.506. The second kappa shape index (κ2) is 10.3. The second-order valence-corrected chi connectivity index (χ2v) is 8.57. The van der Waals surface area contributed by atoms with Gasteiger partial charge in [-0.1, -0.05) is 18.2 Å². The molecule has 1 aromatic heterocycles. The lowest BCUT2D eigenvalue weighted by molar-refractivity contribution is -0.123. The van der Waals surface area contributed by atoms with Crippen molar-refractivity contribution in [2.75, 3.05) is 47.1 Å². The van der Waals surface area contributed by atoms with Crippen molar-refractivity contribution in [1.82, 2.24) is 10.2 Å². The first-order chi connectivity index (χ1) is 18.0. The van der Waals surface area contributed by atoms with Crippen LogP contribution in [0.3, 0.4) is 0 Å². The Bertz CT molecular complexity index is 1480. The first-order valence-corrected chi connectivity index (χ1v) is 11.7. The van der Waals surface area contributed by atoms with Gasteiger partial charge in [-0.15, -0.1) is 0 Å². The van der Waals surface area contributed by atoms with E-state index in [9.17, 15) is 14.9 Å².